The van der Waals surface area contributed by atoms with E-state index in [0.29, 0.717) is 5.75 Å². The lowest BCUT2D eigenvalue weighted by Crippen LogP contribution is -2.17. The zero-order valence-electron chi connectivity index (χ0n) is 12.3. The van der Waals surface area contributed by atoms with E-state index >= 15 is 0 Å². The predicted octanol–water partition coefficient (Wildman–Crippen LogP) is 3.22. The first-order valence-electron chi connectivity index (χ1n) is 6.76. The summed E-state index contributed by atoms with van der Waals surface area (Å²) in [5.41, 5.74) is 0.722. The molecule has 1 heterocycles. The van der Waals surface area contributed by atoms with Gasteiger partial charge in [-0.05, 0) is 28.3 Å². The maximum atomic E-state index is 12.1. The first-order valence-corrected chi connectivity index (χ1v) is 9.12. The monoisotopic (exact) mass is 346 g/mol. The van der Waals surface area contributed by atoms with Gasteiger partial charge in [0.1, 0.15) is 9.96 Å². The van der Waals surface area contributed by atoms with Crippen LogP contribution in [0, 0.1) is 0 Å². The van der Waals surface area contributed by atoms with Crippen LogP contribution in [-0.2, 0) is 10.0 Å². The summed E-state index contributed by atoms with van der Waals surface area (Å²) < 4.78 is 29.7. The molecular formula is C16H14N2O3S2. The quantitative estimate of drug-likeness (QED) is 0.570. The van der Waals surface area contributed by atoms with Gasteiger partial charge in [-0.2, -0.15) is 18.4 Å². The van der Waals surface area contributed by atoms with E-state index in [4.69, 9.17) is 4.74 Å². The maximum Gasteiger partial charge on any atom is 0.286 e. The predicted molar refractivity (Wildman–Crippen MR) is 92.7 cm³/mol. The SMILES string of the molecule is COc1ccc2ccccc2c1/C=N/NS(=O)(=O)c1cccs1. The van der Waals surface area contributed by atoms with Crippen molar-refractivity contribution in [3.05, 3.63) is 59.5 Å². The van der Waals surface area contributed by atoms with Gasteiger partial charge in [-0.15, -0.1) is 11.3 Å². The molecule has 3 rings (SSSR count). The van der Waals surface area contributed by atoms with Crippen LogP contribution in [0.1, 0.15) is 5.56 Å². The van der Waals surface area contributed by atoms with Gasteiger partial charge in [-0.25, -0.2) is 0 Å². The Morgan fingerprint density at radius 1 is 1.13 bits per heavy atom. The van der Waals surface area contributed by atoms with E-state index in [1.54, 1.807) is 18.6 Å². The van der Waals surface area contributed by atoms with Crippen molar-refractivity contribution in [2.45, 2.75) is 4.21 Å². The van der Waals surface area contributed by atoms with Gasteiger partial charge < -0.3 is 4.74 Å². The van der Waals surface area contributed by atoms with Gasteiger partial charge in [-0.3, -0.25) is 0 Å². The summed E-state index contributed by atoms with van der Waals surface area (Å²) >= 11 is 1.14. The van der Waals surface area contributed by atoms with Gasteiger partial charge in [0.05, 0.1) is 13.3 Å². The molecule has 118 valence electrons. The number of hydrogen-bond donors (Lipinski definition) is 1. The van der Waals surface area contributed by atoms with Gasteiger partial charge in [0, 0.05) is 5.56 Å². The Kier molecular flexibility index (Phi) is 4.31. The van der Waals surface area contributed by atoms with Crippen LogP contribution in [0.2, 0.25) is 0 Å². The van der Waals surface area contributed by atoms with E-state index in [9.17, 15) is 8.42 Å². The molecule has 0 amide bonds. The fourth-order valence-electron chi connectivity index (χ4n) is 2.21. The minimum atomic E-state index is -3.63. The number of thiophene rings is 1. The smallest absolute Gasteiger partial charge is 0.286 e. The van der Waals surface area contributed by atoms with E-state index in [1.165, 1.54) is 12.3 Å². The lowest BCUT2D eigenvalue weighted by Gasteiger charge is -2.08. The molecular weight excluding hydrogens is 332 g/mol. The molecule has 0 atom stereocenters. The molecule has 0 aliphatic heterocycles. The molecule has 0 saturated carbocycles. The number of fused-ring (bicyclic) bond motifs is 1. The molecule has 0 radical (unpaired) electrons. The number of methoxy groups -OCH3 is 1. The Balaban J connectivity index is 1.95. The Hall–Kier alpha value is -2.38. The van der Waals surface area contributed by atoms with Gasteiger partial charge in [0.2, 0.25) is 0 Å². The highest BCUT2D eigenvalue weighted by molar-refractivity contribution is 7.91. The number of hydrogen-bond acceptors (Lipinski definition) is 5. The fourth-order valence-corrected chi connectivity index (χ4v) is 3.98. The third-order valence-corrected chi connectivity index (χ3v) is 5.90. The zero-order chi connectivity index (χ0) is 16.3. The van der Waals surface area contributed by atoms with Crippen LogP contribution in [0.3, 0.4) is 0 Å². The molecule has 0 fully saturated rings. The highest BCUT2D eigenvalue weighted by atomic mass is 32.2. The van der Waals surface area contributed by atoms with Crippen LogP contribution < -0.4 is 9.57 Å². The molecule has 0 bridgehead atoms. The van der Waals surface area contributed by atoms with Crippen LogP contribution in [0.4, 0.5) is 0 Å². The molecule has 0 aliphatic rings. The van der Waals surface area contributed by atoms with Crippen LogP contribution in [-0.4, -0.2) is 21.7 Å². The molecule has 0 spiro atoms. The molecule has 1 aromatic heterocycles. The molecule has 7 heteroatoms. The van der Waals surface area contributed by atoms with Gasteiger partial charge in [0.25, 0.3) is 10.0 Å². The number of hydrazone groups is 1. The fraction of sp³-hybridized carbons (Fsp3) is 0.0625. The van der Waals surface area contributed by atoms with Crippen LogP contribution in [0.5, 0.6) is 5.75 Å². The zero-order valence-corrected chi connectivity index (χ0v) is 13.9. The number of benzene rings is 2. The number of ether oxygens (including phenoxy) is 1. The first kappa shape index (κ1) is 15.5. The molecule has 0 saturated heterocycles. The van der Waals surface area contributed by atoms with Crippen molar-refractivity contribution >= 4 is 38.3 Å². The van der Waals surface area contributed by atoms with Crippen molar-refractivity contribution in [3.8, 4) is 5.75 Å². The highest BCUT2D eigenvalue weighted by Gasteiger charge is 2.13. The molecule has 0 aliphatic carbocycles. The largest absolute Gasteiger partial charge is 0.496 e. The Morgan fingerprint density at radius 3 is 2.70 bits per heavy atom. The van der Waals surface area contributed by atoms with E-state index in [-0.39, 0.29) is 4.21 Å². The normalized spacial score (nSPS) is 11.9. The number of nitrogens with zero attached hydrogens (tertiary/aromatic N) is 1. The number of sulfonamides is 1. The van der Waals surface area contributed by atoms with Crippen molar-refractivity contribution in [2.24, 2.45) is 5.10 Å². The van der Waals surface area contributed by atoms with Gasteiger partial charge >= 0.3 is 0 Å². The summed E-state index contributed by atoms with van der Waals surface area (Å²) in [6.45, 7) is 0. The van der Waals surface area contributed by atoms with Crippen molar-refractivity contribution in [1.82, 2.24) is 4.83 Å². The summed E-state index contributed by atoms with van der Waals surface area (Å²) in [5, 5.41) is 7.55. The lowest BCUT2D eigenvalue weighted by molar-refractivity contribution is 0.415. The average molecular weight is 346 g/mol. The lowest BCUT2D eigenvalue weighted by atomic mass is 10.0. The minimum Gasteiger partial charge on any atom is -0.496 e. The molecule has 1 N–H and O–H groups in total. The Labute approximate surface area is 138 Å². The molecule has 23 heavy (non-hydrogen) atoms. The summed E-state index contributed by atoms with van der Waals surface area (Å²) in [7, 11) is -2.06. The third-order valence-electron chi connectivity index (χ3n) is 3.28. The third kappa shape index (κ3) is 3.20. The van der Waals surface area contributed by atoms with Gasteiger partial charge in [-0.1, -0.05) is 36.4 Å². The molecule has 3 aromatic rings. The number of nitrogens with one attached hydrogen (secondary N) is 1. The summed E-state index contributed by atoms with van der Waals surface area (Å²) in [6, 6.07) is 14.7. The second-order valence-corrected chi connectivity index (χ2v) is 7.52. The maximum absolute atomic E-state index is 12.1. The second-order valence-electron chi connectivity index (χ2n) is 4.69. The van der Waals surface area contributed by atoms with E-state index in [1.807, 2.05) is 36.4 Å². The topological polar surface area (TPSA) is 67.8 Å². The van der Waals surface area contributed by atoms with Crippen LogP contribution in [0.25, 0.3) is 10.8 Å². The first-order chi connectivity index (χ1) is 11.1. The van der Waals surface area contributed by atoms with Crippen LogP contribution >= 0.6 is 11.3 Å². The van der Waals surface area contributed by atoms with Crippen LogP contribution in [0.15, 0.2) is 63.2 Å². The Bertz CT molecular complexity index is 949. The second kappa shape index (κ2) is 6.39. The summed E-state index contributed by atoms with van der Waals surface area (Å²) in [5.74, 6) is 0.628. The standard InChI is InChI=1S/C16H14N2O3S2/c1-21-15-9-8-12-5-2-3-6-13(12)14(15)11-17-18-23(19,20)16-7-4-10-22-16/h2-11,18H,1H3/b17-11+. The highest BCUT2D eigenvalue weighted by Crippen LogP contribution is 2.26. The Morgan fingerprint density at radius 2 is 1.96 bits per heavy atom. The van der Waals surface area contributed by atoms with Crippen molar-refractivity contribution in [3.63, 3.8) is 0 Å². The molecule has 5 nitrogen and oxygen atoms in total. The van der Waals surface area contributed by atoms with Crippen molar-refractivity contribution < 1.29 is 13.2 Å². The summed E-state index contributed by atoms with van der Waals surface area (Å²) in [6.07, 6.45) is 1.46. The molecule has 2 aromatic carbocycles. The summed E-state index contributed by atoms with van der Waals surface area (Å²) in [4.78, 5) is 2.22. The van der Waals surface area contributed by atoms with E-state index in [2.05, 4.69) is 9.93 Å². The minimum absolute atomic E-state index is 0.222. The van der Waals surface area contributed by atoms with Crippen molar-refractivity contribution in [1.29, 1.82) is 0 Å². The van der Waals surface area contributed by atoms with Gasteiger partial charge in [0.15, 0.2) is 0 Å². The molecule has 0 unspecified atom stereocenters. The van der Waals surface area contributed by atoms with Crippen molar-refractivity contribution in [2.75, 3.05) is 7.11 Å². The van der Waals surface area contributed by atoms with E-state index < -0.39 is 10.0 Å². The van der Waals surface area contributed by atoms with E-state index in [0.717, 1.165) is 27.7 Å². The average Bonchev–Trinajstić information content (AvgIpc) is 3.10. The number of rotatable bonds is 5.